The molecule has 2 unspecified atom stereocenters. The summed E-state index contributed by atoms with van der Waals surface area (Å²) in [5, 5.41) is 11.5. The molecule has 5 saturated carbocycles. The van der Waals surface area contributed by atoms with E-state index in [-0.39, 0.29) is 22.0 Å². The molecule has 1 aromatic carbocycles. The highest BCUT2D eigenvalue weighted by Gasteiger charge is 2.67. The van der Waals surface area contributed by atoms with E-state index in [0.29, 0.717) is 18.3 Å². The molecule has 1 aromatic rings. The van der Waals surface area contributed by atoms with Gasteiger partial charge in [0, 0.05) is 5.41 Å². The molecule has 0 spiro atoms. The first kappa shape index (κ1) is 19.5. The third-order valence-corrected chi connectivity index (χ3v) is 9.11. The summed E-state index contributed by atoms with van der Waals surface area (Å²) >= 11 is 0. The fraction of sp³-hybridized carbons (Fsp3) is 0.682. The highest BCUT2D eigenvalue weighted by Crippen LogP contribution is 2.70. The van der Waals surface area contributed by atoms with Crippen LogP contribution in [0.4, 0.5) is 0 Å². The van der Waals surface area contributed by atoms with Crippen LogP contribution < -0.4 is 4.74 Å². The van der Waals surface area contributed by atoms with Crippen molar-refractivity contribution in [2.45, 2.75) is 74.7 Å². The predicted octanol–water partition coefficient (Wildman–Crippen LogP) is 3.73. The maximum absolute atomic E-state index is 13.3. The molecule has 2 N–H and O–H groups in total. The van der Waals surface area contributed by atoms with Gasteiger partial charge in [0.25, 0.3) is 10.1 Å². The zero-order valence-electron chi connectivity index (χ0n) is 16.5. The van der Waals surface area contributed by atoms with Gasteiger partial charge in [-0.1, -0.05) is 12.8 Å². The van der Waals surface area contributed by atoms with Gasteiger partial charge in [-0.2, -0.15) is 8.42 Å². The Morgan fingerprint density at radius 2 is 1.59 bits per heavy atom. The quantitative estimate of drug-likeness (QED) is 0.437. The summed E-state index contributed by atoms with van der Waals surface area (Å²) in [4.78, 5) is 13.1. The van der Waals surface area contributed by atoms with E-state index in [2.05, 4.69) is 0 Å². The highest BCUT2D eigenvalue weighted by atomic mass is 32.2. The lowest BCUT2D eigenvalue weighted by Gasteiger charge is -2.64. The van der Waals surface area contributed by atoms with Crippen molar-refractivity contribution < 1.29 is 27.6 Å². The average molecular weight is 421 g/mol. The summed E-state index contributed by atoms with van der Waals surface area (Å²) in [7, 11) is -4.28. The molecular weight excluding hydrogens is 392 g/mol. The molecule has 29 heavy (non-hydrogen) atoms. The van der Waals surface area contributed by atoms with Gasteiger partial charge in [0.2, 0.25) is 0 Å². The van der Waals surface area contributed by atoms with E-state index in [1.54, 1.807) is 0 Å². The predicted molar refractivity (Wildman–Crippen MR) is 105 cm³/mol. The zero-order valence-corrected chi connectivity index (χ0v) is 17.3. The Morgan fingerprint density at radius 3 is 2.14 bits per heavy atom. The number of benzene rings is 1. The minimum absolute atomic E-state index is 0.165. The number of esters is 1. The Hall–Kier alpha value is -1.44. The number of hydrogen-bond donors (Lipinski definition) is 2. The molecule has 4 bridgehead atoms. The number of aliphatic hydroxyl groups is 1. The topological polar surface area (TPSA) is 101 Å². The van der Waals surface area contributed by atoms with E-state index < -0.39 is 21.1 Å². The average Bonchev–Trinajstić information content (AvgIpc) is 3.09. The van der Waals surface area contributed by atoms with Crippen molar-refractivity contribution in [3.63, 3.8) is 0 Å². The van der Waals surface area contributed by atoms with E-state index in [9.17, 15) is 18.3 Å². The van der Waals surface area contributed by atoms with Crippen LogP contribution in [0.15, 0.2) is 29.2 Å². The van der Waals surface area contributed by atoms with Crippen LogP contribution in [0, 0.1) is 22.7 Å². The molecular formula is C22H28O6S. The summed E-state index contributed by atoms with van der Waals surface area (Å²) in [6.07, 6.45) is 9.35. The summed E-state index contributed by atoms with van der Waals surface area (Å²) < 4.78 is 37.2. The molecule has 0 saturated heterocycles. The normalized spacial score (nSPS) is 37.6. The Morgan fingerprint density at radius 1 is 1.00 bits per heavy atom. The number of hydrogen-bond acceptors (Lipinski definition) is 5. The maximum atomic E-state index is 13.3. The Bertz CT molecular complexity index is 915. The molecule has 5 aliphatic carbocycles. The van der Waals surface area contributed by atoms with Crippen molar-refractivity contribution in [2.75, 3.05) is 0 Å². The van der Waals surface area contributed by atoms with Crippen LogP contribution in [-0.2, 0) is 14.9 Å². The smallest absolute Gasteiger partial charge is 0.317 e. The van der Waals surface area contributed by atoms with Crippen molar-refractivity contribution in [2.24, 2.45) is 22.7 Å². The van der Waals surface area contributed by atoms with Gasteiger partial charge in [-0.05, 0) is 87.5 Å². The zero-order chi connectivity index (χ0) is 20.5. The molecule has 0 heterocycles. The molecule has 7 heteroatoms. The summed E-state index contributed by atoms with van der Waals surface area (Å²) in [5.74, 6) is 0.967. The number of carbonyl (C=O) groups excluding carboxylic acids is 1. The van der Waals surface area contributed by atoms with Crippen molar-refractivity contribution in [3.8, 4) is 5.75 Å². The second kappa shape index (κ2) is 6.28. The van der Waals surface area contributed by atoms with Gasteiger partial charge in [-0.25, -0.2) is 0 Å². The van der Waals surface area contributed by atoms with Gasteiger partial charge in [-0.3, -0.25) is 9.35 Å². The van der Waals surface area contributed by atoms with Crippen LogP contribution >= 0.6 is 0 Å². The first-order valence-electron chi connectivity index (χ1n) is 10.7. The largest absolute Gasteiger partial charge is 0.426 e. The molecule has 5 aliphatic rings. The van der Waals surface area contributed by atoms with Crippen molar-refractivity contribution in [1.82, 2.24) is 0 Å². The Kier molecular flexibility index (Phi) is 4.23. The number of carbonyl (C=O) groups is 1. The van der Waals surface area contributed by atoms with Gasteiger partial charge in [0.1, 0.15) is 5.75 Å². The van der Waals surface area contributed by atoms with Gasteiger partial charge in [-0.15, -0.1) is 0 Å². The van der Waals surface area contributed by atoms with Crippen molar-refractivity contribution in [1.29, 1.82) is 0 Å². The third kappa shape index (κ3) is 3.04. The Labute approximate surface area is 171 Å². The van der Waals surface area contributed by atoms with Crippen molar-refractivity contribution in [3.05, 3.63) is 24.3 Å². The van der Waals surface area contributed by atoms with E-state index in [0.717, 1.165) is 57.8 Å². The Balaban J connectivity index is 1.41. The van der Waals surface area contributed by atoms with Crippen LogP contribution in [0.2, 0.25) is 0 Å². The molecule has 6 rings (SSSR count). The summed E-state index contributed by atoms with van der Waals surface area (Å²) in [6, 6.07) is 5.28. The minimum atomic E-state index is -4.28. The van der Waals surface area contributed by atoms with Crippen LogP contribution in [-0.4, -0.2) is 29.6 Å². The molecule has 6 nitrogen and oxygen atoms in total. The molecule has 5 fully saturated rings. The SMILES string of the molecule is O=C(Oc1ccc(S(=O)(=O)O)cc1)C12CC3CC(C1)CC(C1(O)CCCC1)(C3)C2. The van der Waals surface area contributed by atoms with E-state index >= 15 is 0 Å². The molecule has 0 amide bonds. The monoisotopic (exact) mass is 420 g/mol. The standard InChI is InChI=1S/C22H28O6S/c23-19(28-17-3-5-18(6-4-17)29(25,26)27)20-10-15-9-16(11-20)13-21(12-15,14-20)22(24)7-1-2-8-22/h3-6,15-16,24H,1-2,7-14H2,(H,25,26,27). The lowest BCUT2D eigenvalue weighted by molar-refractivity contribution is -0.211. The summed E-state index contributed by atoms with van der Waals surface area (Å²) in [6.45, 7) is 0. The maximum Gasteiger partial charge on any atom is 0.317 e. The number of ether oxygens (including phenoxy) is 1. The van der Waals surface area contributed by atoms with Gasteiger partial charge in [0.15, 0.2) is 0 Å². The molecule has 0 aliphatic heterocycles. The lowest BCUT2D eigenvalue weighted by atomic mass is 9.40. The van der Waals surface area contributed by atoms with E-state index in [1.807, 2.05) is 0 Å². The molecule has 2 atom stereocenters. The number of rotatable bonds is 4. The first-order chi connectivity index (χ1) is 13.6. The highest BCUT2D eigenvalue weighted by molar-refractivity contribution is 7.85. The van der Waals surface area contributed by atoms with E-state index in [4.69, 9.17) is 9.29 Å². The first-order valence-corrected chi connectivity index (χ1v) is 12.1. The third-order valence-electron chi connectivity index (χ3n) is 8.24. The van der Waals surface area contributed by atoms with Crippen molar-refractivity contribution >= 4 is 16.1 Å². The van der Waals surface area contributed by atoms with Crippen LogP contribution in [0.1, 0.15) is 64.2 Å². The van der Waals surface area contributed by atoms with Gasteiger partial charge in [0.05, 0.1) is 15.9 Å². The van der Waals surface area contributed by atoms with Crippen LogP contribution in [0.3, 0.4) is 0 Å². The molecule has 0 aromatic heterocycles. The second-order valence-corrected chi connectivity index (χ2v) is 11.5. The molecule has 158 valence electrons. The van der Waals surface area contributed by atoms with E-state index in [1.165, 1.54) is 24.3 Å². The fourth-order valence-electron chi connectivity index (χ4n) is 7.43. The summed E-state index contributed by atoms with van der Waals surface area (Å²) in [5.41, 5.74) is -1.36. The van der Waals surface area contributed by atoms with Gasteiger partial charge < -0.3 is 9.84 Å². The second-order valence-electron chi connectivity index (χ2n) is 10.1. The van der Waals surface area contributed by atoms with Crippen LogP contribution in [0.25, 0.3) is 0 Å². The lowest BCUT2D eigenvalue weighted by Crippen LogP contribution is -2.62. The van der Waals surface area contributed by atoms with Crippen LogP contribution in [0.5, 0.6) is 5.75 Å². The minimum Gasteiger partial charge on any atom is -0.426 e. The van der Waals surface area contributed by atoms with Gasteiger partial charge >= 0.3 is 5.97 Å². The fourth-order valence-corrected chi connectivity index (χ4v) is 7.91. The molecule has 0 radical (unpaired) electrons.